The van der Waals surface area contributed by atoms with Gasteiger partial charge < -0.3 is 15.0 Å². The minimum absolute atomic E-state index is 0.00118. The molecule has 0 spiro atoms. The van der Waals surface area contributed by atoms with Crippen LogP contribution in [0.1, 0.15) is 31.4 Å². The lowest BCUT2D eigenvalue weighted by Crippen LogP contribution is -2.60. The number of amides is 2. The molecule has 0 bridgehead atoms. The average molecular weight is 331 g/mol. The van der Waals surface area contributed by atoms with Crippen molar-refractivity contribution in [3.8, 4) is 0 Å². The van der Waals surface area contributed by atoms with E-state index in [1.54, 1.807) is 0 Å². The first-order chi connectivity index (χ1) is 11.6. The van der Waals surface area contributed by atoms with Crippen LogP contribution in [0, 0.1) is 0 Å². The molecule has 0 aliphatic carbocycles. The van der Waals surface area contributed by atoms with Crippen LogP contribution >= 0.6 is 0 Å². The molecule has 5 nitrogen and oxygen atoms in total. The van der Waals surface area contributed by atoms with E-state index in [-0.39, 0.29) is 12.1 Å². The Hall–Kier alpha value is -1.59. The molecule has 0 saturated carbocycles. The minimum Gasteiger partial charge on any atom is -0.375 e. The van der Waals surface area contributed by atoms with Gasteiger partial charge in [-0.1, -0.05) is 19.9 Å². The zero-order valence-electron chi connectivity index (χ0n) is 15.0. The number of anilines is 1. The molecule has 5 heteroatoms. The number of piperidine rings is 1. The highest BCUT2D eigenvalue weighted by Gasteiger charge is 2.36. The number of carbonyl (C=O) groups excluding carboxylic acids is 1. The molecule has 3 rings (SSSR count). The fourth-order valence-electron chi connectivity index (χ4n) is 3.81. The molecule has 2 aliphatic heterocycles. The molecule has 2 amide bonds. The van der Waals surface area contributed by atoms with Gasteiger partial charge in [-0.15, -0.1) is 0 Å². The van der Waals surface area contributed by atoms with Crippen molar-refractivity contribution in [1.29, 1.82) is 0 Å². The largest absolute Gasteiger partial charge is 0.375 e. The molecular weight excluding hydrogens is 302 g/mol. The molecule has 1 N–H and O–H groups in total. The van der Waals surface area contributed by atoms with Crippen LogP contribution in [0.5, 0.6) is 0 Å². The maximum atomic E-state index is 12.7. The van der Waals surface area contributed by atoms with Crippen LogP contribution < -0.4 is 5.32 Å². The number of likely N-dealkylation sites (N-methyl/N-ethyl adjacent to an activating group) is 1. The van der Waals surface area contributed by atoms with Gasteiger partial charge in [-0.3, -0.25) is 4.90 Å². The van der Waals surface area contributed by atoms with Crippen LogP contribution in [-0.4, -0.2) is 61.3 Å². The topological polar surface area (TPSA) is 44.8 Å². The number of morpholine rings is 1. The van der Waals surface area contributed by atoms with Crippen molar-refractivity contribution < 1.29 is 9.53 Å². The Morgan fingerprint density at radius 1 is 1.25 bits per heavy atom. The average Bonchev–Trinajstić information content (AvgIpc) is 2.61. The van der Waals surface area contributed by atoms with E-state index in [1.807, 2.05) is 11.0 Å². The fraction of sp³-hybridized carbons (Fsp3) is 0.632. The van der Waals surface area contributed by atoms with E-state index in [4.69, 9.17) is 4.74 Å². The van der Waals surface area contributed by atoms with E-state index in [2.05, 4.69) is 43.2 Å². The van der Waals surface area contributed by atoms with Crippen molar-refractivity contribution in [1.82, 2.24) is 9.80 Å². The molecule has 1 aromatic carbocycles. The highest BCUT2D eigenvalue weighted by Crippen LogP contribution is 2.23. The Labute approximate surface area is 145 Å². The lowest BCUT2D eigenvalue weighted by molar-refractivity contribution is -0.0875. The van der Waals surface area contributed by atoms with Crippen molar-refractivity contribution in [2.24, 2.45) is 0 Å². The third kappa shape index (κ3) is 3.57. The van der Waals surface area contributed by atoms with Gasteiger partial charge in [0.05, 0.1) is 18.8 Å². The van der Waals surface area contributed by atoms with Gasteiger partial charge in [0.25, 0.3) is 0 Å². The molecule has 0 aromatic heterocycles. The summed E-state index contributed by atoms with van der Waals surface area (Å²) in [6.45, 7) is 7.56. The number of hydrogen-bond donors (Lipinski definition) is 1. The second-order valence-electron chi connectivity index (χ2n) is 6.81. The summed E-state index contributed by atoms with van der Waals surface area (Å²) in [5, 5.41) is 3.08. The summed E-state index contributed by atoms with van der Waals surface area (Å²) in [5.41, 5.74) is 3.57. The number of carbonyl (C=O) groups is 1. The van der Waals surface area contributed by atoms with Crippen LogP contribution in [0.15, 0.2) is 18.2 Å². The predicted octanol–water partition coefficient (Wildman–Crippen LogP) is 2.75. The fourth-order valence-corrected chi connectivity index (χ4v) is 3.81. The Kier molecular flexibility index (Phi) is 5.41. The summed E-state index contributed by atoms with van der Waals surface area (Å²) >= 11 is 0. The first kappa shape index (κ1) is 17.2. The Morgan fingerprint density at radius 3 is 2.79 bits per heavy atom. The molecule has 2 heterocycles. The summed E-state index contributed by atoms with van der Waals surface area (Å²) in [7, 11) is 2.12. The Morgan fingerprint density at radius 2 is 2.04 bits per heavy atom. The standard InChI is InChI=1S/C19H29N3O2/c1-4-14-6-7-16(12-15(14)5-2)20-19(23)22-9-8-18-17(13-22)21(3)10-11-24-18/h6-7,12,17-18H,4-5,8-11,13H2,1-3H3,(H,20,23)/t17-,18-/m0/s1. The third-order valence-electron chi connectivity index (χ3n) is 5.37. The lowest BCUT2D eigenvalue weighted by Gasteiger charge is -2.45. The van der Waals surface area contributed by atoms with E-state index in [0.717, 1.165) is 51.2 Å². The van der Waals surface area contributed by atoms with Crippen molar-refractivity contribution >= 4 is 11.7 Å². The maximum absolute atomic E-state index is 12.7. The quantitative estimate of drug-likeness (QED) is 0.926. The summed E-state index contributed by atoms with van der Waals surface area (Å²) in [6, 6.07) is 6.56. The first-order valence-corrected chi connectivity index (χ1v) is 9.12. The highest BCUT2D eigenvalue weighted by molar-refractivity contribution is 5.89. The van der Waals surface area contributed by atoms with Gasteiger partial charge in [-0.25, -0.2) is 4.79 Å². The Balaban J connectivity index is 1.65. The number of nitrogens with one attached hydrogen (secondary N) is 1. The van der Waals surface area contributed by atoms with E-state index in [1.165, 1.54) is 11.1 Å². The number of likely N-dealkylation sites (tertiary alicyclic amines) is 1. The first-order valence-electron chi connectivity index (χ1n) is 9.12. The van der Waals surface area contributed by atoms with Crippen molar-refractivity contribution in [2.75, 3.05) is 38.6 Å². The molecule has 2 atom stereocenters. The second-order valence-corrected chi connectivity index (χ2v) is 6.81. The van der Waals surface area contributed by atoms with Crippen LogP contribution in [-0.2, 0) is 17.6 Å². The SMILES string of the molecule is CCc1ccc(NC(=O)N2CC[C@@H]3OCCN(C)[C@H]3C2)cc1CC. The molecule has 2 aliphatic rings. The number of rotatable bonds is 3. The van der Waals surface area contributed by atoms with Gasteiger partial charge in [0.15, 0.2) is 0 Å². The number of nitrogens with zero attached hydrogens (tertiary/aromatic N) is 2. The molecule has 132 valence electrons. The van der Waals surface area contributed by atoms with Crippen molar-refractivity contribution in [2.45, 2.75) is 45.3 Å². The van der Waals surface area contributed by atoms with Gasteiger partial charge in [-0.2, -0.15) is 0 Å². The molecule has 2 saturated heterocycles. The smallest absolute Gasteiger partial charge is 0.321 e. The second kappa shape index (κ2) is 7.53. The lowest BCUT2D eigenvalue weighted by atomic mass is 9.99. The number of aryl methyl sites for hydroxylation is 2. The molecule has 1 aromatic rings. The number of benzene rings is 1. The maximum Gasteiger partial charge on any atom is 0.321 e. The predicted molar refractivity (Wildman–Crippen MR) is 96.6 cm³/mol. The normalized spacial score (nSPS) is 24.5. The molecular formula is C19H29N3O2. The summed E-state index contributed by atoms with van der Waals surface area (Å²) in [4.78, 5) is 16.9. The van der Waals surface area contributed by atoms with E-state index >= 15 is 0 Å². The van der Waals surface area contributed by atoms with E-state index in [9.17, 15) is 4.79 Å². The van der Waals surface area contributed by atoms with Crippen LogP contribution in [0.2, 0.25) is 0 Å². The van der Waals surface area contributed by atoms with Gasteiger partial charge in [0, 0.05) is 25.3 Å². The van der Waals surface area contributed by atoms with Crippen LogP contribution in [0.3, 0.4) is 0 Å². The summed E-state index contributed by atoms with van der Waals surface area (Å²) in [5.74, 6) is 0. The number of urea groups is 1. The molecule has 2 fully saturated rings. The van der Waals surface area contributed by atoms with Crippen molar-refractivity contribution in [3.05, 3.63) is 29.3 Å². The molecule has 0 unspecified atom stereocenters. The third-order valence-corrected chi connectivity index (χ3v) is 5.37. The van der Waals surface area contributed by atoms with Crippen LogP contribution in [0.4, 0.5) is 10.5 Å². The summed E-state index contributed by atoms with van der Waals surface area (Å²) < 4.78 is 5.85. The van der Waals surface area contributed by atoms with Crippen molar-refractivity contribution in [3.63, 3.8) is 0 Å². The van der Waals surface area contributed by atoms with E-state index in [0.29, 0.717) is 6.04 Å². The number of ether oxygens (including phenoxy) is 1. The number of fused-ring (bicyclic) bond motifs is 1. The monoisotopic (exact) mass is 331 g/mol. The minimum atomic E-state index is -0.00118. The Bertz CT molecular complexity index is 590. The van der Waals surface area contributed by atoms with Gasteiger partial charge >= 0.3 is 6.03 Å². The zero-order valence-corrected chi connectivity index (χ0v) is 15.0. The molecule has 0 radical (unpaired) electrons. The zero-order chi connectivity index (χ0) is 17.1. The number of hydrogen-bond acceptors (Lipinski definition) is 3. The molecule has 24 heavy (non-hydrogen) atoms. The van der Waals surface area contributed by atoms with Crippen LogP contribution in [0.25, 0.3) is 0 Å². The van der Waals surface area contributed by atoms with Gasteiger partial charge in [-0.05, 0) is 49.6 Å². The highest BCUT2D eigenvalue weighted by atomic mass is 16.5. The van der Waals surface area contributed by atoms with Gasteiger partial charge in [0.2, 0.25) is 0 Å². The van der Waals surface area contributed by atoms with Gasteiger partial charge in [0.1, 0.15) is 0 Å². The summed E-state index contributed by atoms with van der Waals surface area (Å²) in [6.07, 6.45) is 3.20. The van der Waals surface area contributed by atoms with E-state index < -0.39 is 0 Å².